The van der Waals surface area contributed by atoms with Crippen molar-refractivity contribution in [1.29, 1.82) is 0 Å². The molecule has 4 heteroatoms. The second kappa shape index (κ2) is 10.6. The number of carbonyl (C=O) groups is 2. The third-order valence-corrected chi connectivity index (χ3v) is 6.37. The monoisotopic (exact) mass is 385 g/mol. The van der Waals surface area contributed by atoms with E-state index in [2.05, 4.69) is 6.92 Å². The Morgan fingerprint density at radius 2 is 1.68 bits per heavy atom. The van der Waals surface area contributed by atoms with Gasteiger partial charge < -0.3 is 9.64 Å². The SMILES string of the molecule is CCCCCCCC(=O)C1CC2CCCC(C1)N2C(=O)OCc1ccccc1. The fourth-order valence-corrected chi connectivity index (χ4v) is 4.84. The van der Waals surface area contributed by atoms with Crippen LogP contribution in [0, 0.1) is 5.92 Å². The summed E-state index contributed by atoms with van der Waals surface area (Å²) in [5.74, 6) is 0.561. The Bertz CT molecular complexity index is 616. The number of piperidine rings is 2. The van der Waals surface area contributed by atoms with E-state index in [1.54, 1.807) is 0 Å². The van der Waals surface area contributed by atoms with E-state index in [-0.39, 0.29) is 24.1 Å². The first-order valence-corrected chi connectivity index (χ1v) is 11.2. The molecule has 4 nitrogen and oxygen atoms in total. The fraction of sp³-hybridized carbons (Fsp3) is 0.667. The Hall–Kier alpha value is -1.84. The van der Waals surface area contributed by atoms with Crippen molar-refractivity contribution in [3.63, 3.8) is 0 Å². The van der Waals surface area contributed by atoms with Gasteiger partial charge in [0.1, 0.15) is 12.4 Å². The van der Waals surface area contributed by atoms with Crippen LogP contribution in [-0.2, 0) is 16.1 Å². The molecule has 1 aromatic rings. The van der Waals surface area contributed by atoms with Crippen LogP contribution in [0.2, 0.25) is 0 Å². The molecule has 0 spiro atoms. The number of rotatable bonds is 9. The minimum atomic E-state index is -0.205. The van der Waals surface area contributed by atoms with Crippen molar-refractivity contribution in [2.75, 3.05) is 0 Å². The topological polar surface area (TPSA) is 46.6 Å². The van der Waals surface area contributed by atoms with Gasteiger partial charge in [0.25, 0.3) is 0 Å². The molecular weight excluding hydrogens is 350 g/mol. The number of amides is 1. The van der Waals surface area contributed by atoms with Crippen LogP contribution in [0.25, 0.3) is 0 Å². The molecule has 2 atom stereocenters. The number of nitrogens with zero attached hydrogens (tertiary/aromatic N) is 1. The van der Waals surface area contributed by atoms with E-state index in [9.17, 15) is 9.59 Å². The maximum atomic E-state index is 12.8. The Morgan fingerprint density at radius 1 is 1.00 bits per heavy atom. The zero-order chi connectivity index (χ0) is 19.8. The van der Waals surface area contributed by atoms with Crippen molar-refractivity contribution in [2.24, 2.45) is 5.92 Å². The van der Waals surface area contributed by atoms with Crippen molar-refractivity contribution < 1.29 is 14.3 Å². The Balaban J connectivity index is 1.49. The van der Waals surface area contributed by atoms with Gasteiger partial charge in [-0.3, -0.25) is 4.79 Å². The number of unbranched alkanes of at least 4 members (excludes halogenated alkanes) is 4. The highest BCUT2D eigenvalue weighted by Gasteiger charge is 2.43. The van der Waals surface area contributed by atoms with Crippen LogP contribution in [0.1, 0.15) is 83.1 Å². The van der Waals surface area contributed by atoms with E-state index in [4.69, 9.17) is 4.74 Å². The summed E-state index contributed by atoms with van der Waals surface area (Å²) >= 11 is 0. The summed E-state index contributed by atoms with van der Waals surface area (Å²) < 4.78 is 5.60. The molecule has 154 valence electrons. The van der Waals surface area contributed by atoms with Crippen LogP contribution in [0.4, 0.5) is 4.79 Å². The Labute approximate surface area is 169 Å². The van der Waals surface area contributed by atoms with Crippen LogP contribution < -0.4 is 0 Å². The zero-order valence-electron chi connectivity index (χ0n) is 17.3. The number of hydrogen-bond donors (Lipinski definition) is 0. The van der Waals surface area contributed by atoms with Gasteiger partial charge in [-0.15, -0.1) is 0 Å². The van der Waals surface area contributed by atoms with Gasteiger partial charge in [0, 0.05) is 24.4 Å². The summed E-state index contributed by atoms with van der Waals surface area (Å²) in [5.41, 5.74) is 1.01. The van der Waals surface area contributed by atoms with Gasteiger partial charge in [-0.2, -0.15) is 0 Å². The smallest absolute Gasteiger partial charge is 0.410 e. The number of carbonyl (C=O) groups excluding carboxylic acids is 2. The number of hydrogen-bond acceptors (Lipinski definition) is 3. The van der Waals surface area contributed by atoms with Crippen LogP contribution in [0.15, 0.2) is 30.3 Å². The largest absolute Gasteiger partial charge is 0.445 e. The Kier molecular flexibility index (Phi) is 7.93. The second-order valence-corrected chi connectivity index (χ2v) is 8.48. The lowest BCUT2D eigenvalue weighted by Gasteiger charge is -2.47. The molecule has 0 N–H and O–H groups in total. The first-order valence-electron chi connectivity index (χ1n) is 11.2. The van der Waals surface area contributed by atoms with E-state index in [1.165, 1.54) is 19.3 Å². The van der Waals surface area contributed by atoms with Crippen LogP contribution in [0.5, 0.6) is 0 Å². The molecule has 0 saturated carbocycles. The van der Waals surface area contributed by atoms with Gasteiger partial charge in [0.15, 0.2) is 0 Å². The lowest BCUT2D eigenvalue weighted by molar-refractivity contribution is -0.126. The average molecular weight is 386 g/mol. The molecule has 28 heavy (non-hydrogen) atoms. The number of fused-ring (bicyclic) bond motifs is 2. The molecule has 1 aromatic carbocycles. The normalized spacial score (nSPS) is 24.0. The van der Waals surface area contributed by atoms with Crippen molar-refractivity contribution in [2.45, 2.75) is 96.2 Å². The minimum absolute atomic E-state index is 0.139. The molecule has 2 unspecified atom stereocenters. The summed E-state index contributed by atoms with van der Waals surface area (Å²) in [4.78, 5) is 27.4. The predicted molar refractivity (Wildman–Crippen MR) is 111 cm³/mol. The standard InChI is InChI=1S/C24H35NO3/c1-2-3-4-5-9-15-23(26)20-16-21-13-10-14-22(17-20)25(21)24(27)28-18-19-11-7-6-8-12-19/h6-8,11-12,20-22H,2-5,9-10,13-18H2,1H3. The van der Waals surface area contributed by atoms with E-state index >= 15 is 0 Å². The summed E-state index contributed by atoms with van der Waals surface area (Å²) in [5, 5.41) is 0. The molecule has 0 aromatic heterocycles. The highest BCUT2D eigenvalue weighted by molar-refractivity contribution is 5.81. The van der Waals surface area contributed by atoms with Gasteiger partial charge in [0.2, 0.25) is 0 Å². The maximum Gasteiger partial charge on any atom is 0.410 e. The molecule has 2 bridgehead atoms. The number of ether oxygens (including phenoxy) is 1. The first-order chi connectivity index (χ1) is 13.7. The highest BCUT2D eigenvalue weighted by Crippen LogP contribution is 2.38. The lowest BCUT2D eigenvalue weighted by atomic mass is 9.76. The van der Waals surface area contributed by atoms with Crippen molar-refractivity contribution in [3.05, 3.63) is 35.9 Å². The molecule has 2 fully saturated rings. The molecule has 2 aliphatic heterocycles. The van der Waals surface area contributed by atoms with E-state index in [0.29, 0.717) is 18.8 Å². The minimum Gasteiger partial charge on any atom is -0.445 e. The maximum absolute atomic E-state index is 12.8. The van der Waals surface area contributed by atoms with Gasteiger partial charge in [-0.05, 0) is 44.1 Å². The molecular formula is C24H35NO3. The molecule has 0 aliphatic carbocycles. The first kappa shape index (κ1) is 20.9. The zero-order valence-corrected chi connectivity index (χ0v) is 17.3. The van der Waals surface area contributed by atoms with Gasteiger partial charge >= 0.3 is 6.09 Å². The van der Waals surface area contributed by atoms with Crippen LogP contribution in [-0.4, -0.2) is 28.9 Å². The second-order valence-electron chi connectivity index (χ2n) is 8.48. The summed E-state index contributed by atoms with van der Waals surface area (Å²) in [6.07, 6.45) is 11.2. The summed E-state index contributed by atoms with van der Waals surface area (Å²) in [7, 11) is 0. The van der Waals surface area contributed by atoms with Crippen LogP contribution in [0.3, 0.4) is 0 Å². The number of Topliss-reactive ketones (excluding diaryl/α,β-unsaturated/α-hetero) is 1. The van der Waals surface area contributed by atoms with Crippen molar-refractivity contribution in [1.82, 2.24) is 4.90 Å². The lowest BCUT2D eigenvalue weighted by Crippen LogP contribution is -2.55. The summed E-state index contributed by atoms with van der Waals surface area (Å²) in [6.45, 7) is 2.53. The fourth-order valence-electron chi connectivity index (χ4n) is 4.84. The third kappa shape index (κ3) is 5.59. The van der Waals surface area contributed by atoms with Gasteiger partial charge in [0.05, 0.1) is 0 Å². The summed E-state index contributed by atoms with van der Waals surface area (Å²) in [6, 6.07) is 10.2. The third-order valence-electron chi connectivity index (χ3n) is 6.37. The van der Waals surface area contributed by atoms with Crippen molar-refractivity contribution in [3.8, 4) is 0 Å². The van der Waals surface area contributed by atoms with Gasteiger partial charge in [-0.1, -0.05) is 62.9 Å². The molecule has 2 aliphatic rings. The average Bonchev–Trinajstić information content (AvgIpc) is 2.71. The van der Waals surface area contributed by atoms with E-state index in [0.717, 1.165) is 50.5 Å². The highest BCUT2D eigenvalue weighted by atomic mass is 16.6. The molecule has 2 saturated heterocycles. The molecule has 1 amide bonds. The quantitative estimate of drug-likeness (QED) is 0.498. The van der Waals surface area contributed by atoms with E-state index in [1.807, 2.05) is 35.2 Å². The number of ketones is 1. The van der Waals surface area contributed by atoms with Crippen LogP contribution >= 0.6 is 0 Å². The Morgan fingerprint density at radius 3 is 2.36 bits per heavy atom. The predicted octanol–water partition coefficient (Wildman–Crippen LogP) is 5.89. The molecule has 2 heterocycles. The molecule has 0 radical (unpaired) electrons. The number of benzene rings is 1. The van der Waals surface area contributed by atoms with Crippen molar-refractivity contribution >= 4 is 11.9 Å². The molecule has 3 rings (SSSR count). The van der Waals surface area contributed by atoms with Gasteiger partial charge in [-0.25, -0.2) is 4.79 Å². The van der Waals surface area contributed by atoms with E-state index < -0.39 is 0 Å².